The van der Waals surface area contributed by atoms with E-state index in [2.05, 4.69) is 5.32 Å². The Labute approximate surface area is 92.1 Å². The van der Waals surface area contributed by atoms with Crippen molar-refractivity contribution >= 4 is 10.0 Å². The van der Waals surface area contributed by atoms with Gasteiger partial charge in [-0.15, -0.1) is 0 Å². The van der Waals surface area contributed by atoms with Gasteiger partial charge in [-0.05, 0) is 19.8 Å². The molecule has 1 aliphatic heterocycles. The van der Waals surface area contributed by atoms with Crippen LogP contribution in [-0.2, 0) is 10.0 Å². The van der Waals surface area contributed by atoms with Gasteiger partial charge in [-0.2, -0.15) is 4.31 Å². The fraction of sp³-hybridized carbons (Fsp3) is 1.00. The van der Waals surface area contributed by atoms with Crippen LogP contribution in [0.15, 0.2) is 0 Å². The molecule has 0 aromatic carbocycles. The fourth-order valence-electron chi connectivity index (χ4n) is 2.53. The van der Waals surface area contributed by atoms with Crippen molar-refractivity contribution in [2.75, 3.05) is 19.6 Å². The summed E-state index contributed by atoms with van der Waals surface area (Å²) in [6.07, 6.45) is 3.87. The Kier molecular flexibility index (Phi) is 3.33. The van der Waals surface area contributed by atoms with Crippen LogP contribution in [0.1, 0.15) is 32.6 Å². The third-order valence-electron chi connectivity index (χ3n) is 3.41. The lowest BCUT2D eigenvalue weighted by atomic mass is 10.3. The minimum atomic E-state index is -3.00. The van der Waals surface area contributed by atoms with E-state index in [1.165, 1.54) is 0 Å². The molecule has 0 amide bonds. The predicted molar refractivity (Wildman–Crippen MR) is 60.2 cm³/mol. The van der Waals surface area contributed by atoms with E-state index < -0.39 is 10.0 Å². The highest BCUT2D eigenvalue weighted by Gasteiger charge is 2.35. The normalized spacial score (nSPS) is 30.9. The van der Waals surface area contributed by atoms with E-state index in [1.54, 1.807) is 4.31 Å². The number of nitrogens with one attached hydrogen (secondary N) is 1. The van der Waals surface area contributed by atoms with Crippen LogP contribution in [0.4, 0.5) is 0 Å². The molecule has 1 aliphatic carbocycles. The molecule has 15 heavy (non-hydrogen) atoms. The van der Waals surface area contributed by atoms with Crippen LogP contribution in [-0.4, -0.2) is 43.6 Å². The van der Waals surface area contributed by atoms with Crippen LogP contribution in [0.3, 0.4) is 0 Å². The number of hydrogen-bond donors (Lipinski definition) is 1. The van der Waals surface area contributed by atoms with E-state index in [9.17, 15) is 8.42 Å². The first-order valence-electron chi connectivity index (χ1n) is 5.83. The lowest BCUT2D eigenvalue weighted by Crippen LogP contribution is -2.53. The van der Waals surface area contributed by atoms with Crippen LogP contribution in [0.5, 0.6) is 0 Å². The van der Waals surface area contributed by atoms with Gasteiger partial charge in [-0.25, -0.2) is 8.42 Å². The van der Waals surface area contributed by atoms with Crippen molar-refractivity contribution < 1.29 is 8.42 Å². The van der Waals surface area contributed by atoms with Crippen LogP contribution in [0.2, 0.25) is 0 Å². The molecule has 1 atom stereocenters. The summed E-state index contributed by atoms with van der Waals surface area (Å²) in [4.78, 5) is 0. The van der Waals surface area contributed by atoms with Crippen molar-refractivity contribution in [1.29, 1.82) is 0 Å². The summed E-state index contributed by atoms with van der Waals surface area (Å²) >= 11 is 0. The summed E-state index contributed by atoms with van der Waals surface area (Å²) in [5, 5.41) is 3.17. The molecule has 0 aromatic rings. The Morgan fingerprint density at radius 2 is 1.93 bits per heavy atom. The van der Waals surface area contributed by atoms with Gasteiger partial charge in [0, 0.05) is 25.7 Å². The highest BCUT2D eigenvalue weighted by atomic mass is 32.2. The molecular weight excluding hydrogens is 212 g/mol. The van der Waals surface area contributed by atoms with Gasteiger partial charge in [0.2, 0.25) is 10.0 Å². The second-order valence-corrected chi connectivity index (χ2v) is 6.88. The van der Waals surface area contributed by atoms with Gasteiger partial charge in [0.05, 0.1) is 5.25 Å². The van der Waals surface area contributed by atoms with Crippen LogP contribution < -0.4 is 5.32 Å². The molecule has 1 unspecified atom stereocenters. The monoisotopic (exact) mass is 232 g/mol. The molecule has 0 spiro atoms. The molecule has 88 valence electrons. The Morgan fingerprint density at radius 3 is 2.53 bits per heavy atom. The minimum absolute atomic E-state index is 0.0946. The van der Waals surface area contributed by atoms with Crippen molar-refractivity contribution in [3.05, 3.63) is 0 Å². The number of rotatable bonds is 2. The third-order valence-corrected chi connectivity index (χ3v) is 5.78. The second-order valence-electron chi connectivity index (χ2n) is 4.66. The van der Waals surface area contributed by atoms with Gasteiger partial charge in [-0.3, -0.25) is 0 Å². The Bertz CT molecular complexity index is 309. The predicted octanol–water partition coefficient (Wildman–Crippen LogP) is 0.552. The first-order valence-corrected chi connectivity index (χ1v) is 7.33. The largest absolute Gasteiger partial charge is 0.312 e. The van der Waals surface area contributed by atoms with Gasteiger partial charge in [0.25, 0.3) is 0 Å². The standard InChI is InChI=1S/C10H20N2O2S/c1-9-8-12(7-6-11-9)15(13,14)10-4-2-3-5-10/h9-11H,2-8H2,1H3. The second kappa shape index (κ2) is 4.39. The molecule has 1 N–H and O–H groups in total. The van der Waals surface area contributed by atoms with E-state index in [0.29, 0.717) is 13.1 Å². The molecule has 0 radical (unpaired) electrons. The highest BCUT2D eigenvalue weighted by molar-refractivity contribution is 7.89. The smallest absolute Gasteiger partial charge is 0.217 e. The Hall–Kier alpha value is -0.130. The molecule has 1 saturated carbocycles. The van der Waals surface area contributed by atoms with E-state index in [4.69, 9.17) is 0 Å². The van der Waals surface area contributed by atoms with E-state index in [1.807, 2.05) is 6.92 Å². The average Bonchev–Trinajstić information content (AvgIpc) is 2.71. The number of sulfonamides is 1. The number of hydrogen-bond acceptors (Lipinski definition) is 3. The Morgan fingerprint density at radius 1 is 1.27 bits per heavy atom. The van der Waals surface area contributed by atoms with Crippen molar-refractivity contribution in [3.8, 4) is 0 Å². The summed E-state index contributed by atoms with van der Waals surface area (Å²) < 4.78 is 26.1. The summed E-state index contributed by atoms with van der Waals surface area (Å²) in [6, 6.07) is 0.287. The molecule has 1 saturated heterocycles. The zero-order valence-corrected chi connectivity index (χ0v) is 10.1. The number of piperazine rings is 1. The quantitative estimate of drug-likeness (QED) is 0.756. The van der Waals surface area contributed by atoms with Crippen molar-refractivity contribution in [2.45, 2.75) is 43.9 Å². The van der Waals surface area contributed by atoms with Crippen molar-refractivity contribution in [1.82, 2.24) is 9.62 Å². The molecule has 2 fully saturated rings. The first kappa shape index (κ1) is 11.4. The average molecular weight is 232 g/mol. The third kappa shape index (κ3) is 2.34. The molecule has 0 aromatic heterocycles. The maximum atomic E-state index is 12.2. The maximum Gasteiger partial charge on any atom is 0.217 e. The van der Waals surface area contributed by atoms with Crippen LogP contribution in [0.25, 0.3) is 0 Å². The first-order chi connectivity index (χ1) is 7.10. The van der Waals surface area contributed by atoms with E-state index in [-0.39, 0.29) is 11.3 Å². The minimum Gasteiger partial charge on any atom is -0.312 e. The van der Waals surface area contributed by atoms with Crippen LogP contribution in [0, 0.1) is 0 Å². The lowest BCUT2D eigenvalue weighted by molar-refractivity contribution is 0.307. The van der Waals surface area contributed by atoms with Crippen molar-refractivity contribution in [2.24, 2.45) is 0 Å². The zero-order chi connectivity index (χ0) is 10.9. The van der Waals surface area contributed by atoms with E-state index in [0.717, 1.165) is 32.2 Å². The van der Waals surface area contributed by atoms with Gasteiger partial charge in [0.1, 0.15) is 0 Å². The molecule has 0 bridgehead atoms. The molecular formula is C10H20N2O2S. The van der Waals surface area contributed by atoms with Gasteiger partial charge in [-0.1, -0.05) is 12.8 Å². The van der Waals surface area contributed by atoms with Gasteiger partial charge >= 0.3 is 0 Å². The van der Waals surface area contributed by atoms with Gasteiger partial charge < -0.3 is 5.32 Å². The fourth-order valence-corrected chi connectivity index (χ4v) is 4.65. The number of nitrogens with zero attached hydrogens (tertiary/aromatic N) is 1. The van der Waals surface area contributed by atoms with Gasteiger partial charge in [0.15, 0.2) is 0 Å². The van der Waals surface area contributed by atoms with Crippen molar-refractivity contribution in [3.63, 3.8) is 0 Å². The van der Waals surface area contributed by atoms with E-state index >= 15 is 0 Å². The summed E-state index contributed by atoms with van der Waals surface area (Å²) in [5.74, 6) is 0. The molecule has 5 heteroatoms. The summed E-state index contributed by atoms with van der Waals surface area (Å²) in [5.41, 5.74) is 0. The molecule has 4 nitrogen and oxygen atoms in total. The maximum absolute atomic E-state index is 12.2. The molecule has 1 heterocycles. The summed E-state index contributed by atoms with van der Waals surface area (Å²) in [7, 11) is -3.00. The SMILES string of the molecule is CC1CN(S(=O)(=O)C2CCCC2)CCN1. The molecule has 2 aliphatic rings. The molecule has 2 rings (SSSR count). The summed E-state index contributed by atoms with van der Waals surface area (Å²) in [6.45, 7) is 4.10. The zero-order valence-electron chi connectivity index (χ0n) is 9.28. The Balaban J connectivity index is 2.07. The topological polar surface area (TPSA) is 49.4 Å². The lowest BCUT2D eigenvalue weighted by Gasteiger charge is -2.32. The van der Waals surface area contributed by atoms with Crippen LogP contribution >= 0.6 is 0 Å². The highest BCUT2D eigenvalue weighted by Crippen LogP contribution is 2.27.